The number of hydrogen-bond acceptors (Lipinski definition) is 5. The van der Waals surface area contributed by atoms with E-state index in [9.17, 15) is 14.4 Å². The van der Waals surface area contributed by atoms with Crippen LogP contribution in [0.15, 0.2) is 47.3 Å². The molecule has 2 N–H and O–H groups in total. The fourth-order valence-corrected chi connectivity index (χ4v) is 2.92. The van der Waals surface area contributed by atoms with Gasteiger partial charge in [-0.2, -0.15) is 0 Å². The summed E-state index contributed by atoms with van der Waals surface area (Å²) in [5.41, 5.74) is 0.790. The van der Waals surface area contributed by atoms with Gasteiger partial charge in [-0.25, -0.2) is 4.68 Å². The number of carbonyl (C=O) groups excluding carboxylic acids is 2. The average molecular weight is 414 g/mol. The van der Waals surface area contributed by atoms with Gasteiger partial charge in [-0.15, -0.1) is 5.10 Å². The molecule has 0 radical (unpaired) electrons. The second-order valence-corrected chi connectivity index (χ2v) is 7.19. The molecule has 0 aliphatic heterocycles. The highest BCUT2D eigenvalue weighted by molar-refractivity contribution is 6.31. The van der Waals surface area contributed by atoms with Crippen LogP contribution in [0.1, 0.15) is 30.6 Å². The fourth-order valence-electron chi connectivity index (χ4n) is 2.75. The van der Waals surface area contributed by atoms with Crippen LogP contribution in [0.3, 0.4) is 0 Å². The van der Waals surface area contributed by atoms with Gasteiger partial charge in [0.05, 0.1) is 23.2 Å². The van der Waals surface area contributed by atoms with Crippen LogP contribution in [0.5, 0.6) is 0 Å². The average Bonchev–Trinajstić information content (AvgIpc) is 2.67. The van der Waals surface area contributed by atoms with Gasteiger partial charge in [-0.1, -0.05) is 28.9 Å². The molecule has 1 aromatic heterocycles. The predicted octanol–water partition coefficient (Wildman–Crippen LogP) is 2.61. The Morgan fingerprint density at radius 3 is 2.69 bits per heavy atom. The zero-order valence-electron chi connectivity index (χ0n) is 16.0. The summed E-state index contributed by atoms with van der Waals surface area (Å²) in [5.74, 6) is -0.698. The van der Waals surface area contributed by atoms with Crippen molar-refractivity contribution in [2.45, 2.75) is 32.9 Å². The van der Waals surface area contributed by atoms with Gasteiger partial charge in [0.2, 0.25) is 5.91 Å². The Kier molecular flexibility index (Phi) is 6.23. The van der Waals surface area contributed by atoms with E-state index in [2.05, 4.69) is 20.9 Å². The summed E-state index contributed by atoms with van der Waals surface area (Å²) < 4.78 is 1.15. The molecular formula is C20H20ClN5O3. The highest BCUT2D eigenvalue weighted by atomic mass is 35.5. The molecule has 3 rings (SSSR count). The molecular weight excluding hydrogens is 394 g/mol. The molecule has 0 fully saturated rings. The van der Waals surface area contributed by atoms with Gasteiger partial charge in [-0.05, 0) is 44.2 Å². The molecule has 8 nitrogen and oxygen atoms in total. The van der Waals surface area contributed by atoms with Gasteiger partial charge < -0.3 is 10.6 Å². The molecule has 0 unspecified atom stereocenters. The maximum atomic E-state index is 12.4. The lowest BCUT2D eigenvalue weighted by Gasteiger charge is -2.14. The normalized spacial score (nSPS) is 10.9. The first kappa shape index (κ1) is 20.5. The quantitative estimate of drug-likeness (QED) is 0.646. The molecule has 0 saturated carbocycles. The van der Waals surface area contributed by atoms with Crippen LogP contribution in [0.4, 0.5) is 5.69 Å². The van der Waals surface area contributed by atoms with Crippen LogP contribution in [-0.4, -0.2) is 32.9 Å². The molecule has 150 valence electrons. The summed E-state index contributed by atoms with van der Waals surface area (Å²) in [7, 11) is 0. The Hall–Kier alpha value is -3.26. The molecule has 1 heterocycles. The van der Waals surface area contributed by atoms with E-state index in [1.165, 1.54) is 6.07 Å². The van der Waals surface area contributed by atoms with Crippen LogP contribution in [0, 0.1) is 0 Å². The Bertz CT molecular complexity index is 1130. The molecule has 2 aromatic carbocycles. The van der Waals surface area contributed by atoms with Crippen LogP contribution >= 0.6 is 11.6 Å². The van der Waals surface area contributed by atoms with Crippen molar-refractivity contribution in [3.05, 3.63) is 63.4 Å². The minimum Gasteiger partial charge on any atom is -0.350 e. The summed E-state index contributed by atoms with van der Waals surface area (Å²) >= 11 is 6.01. The zero-order chi connectivity index (χ0) is 21.0. The lowest BCUT2D eigenvalue weighted by molar-refractivity contribution is -0.116. The van der Waals surface area contributed by atoms with E-state index in [0.717, 1.165) is 4.68 Å². The SMILES string of the molecule is CC(C)NC(=O)c1ccc(Cl)cc1NC(=O)CCn1nnc2ccccc2c1=O. The molecule has 0 aliphatic carbocycles. The van der Waals surface area contributed by atoms with Crippen LogP contribution < -0.4 is 16.2 Å². The lowest BCUT2D eigenvalue weighted by atomic mass is 10.1. The number of benzene rings is 2. The van der Waals surface area contributed by atoms with Gasteiger partial charge in [0, 0.05) is 17.5 Å². The number of amides is 2. The Labute approximate surface area is 171 Å². The first-order chi connectivity index (χ1) is 13.8. The van der Waals surface area contributed by atoms with Crippen LogP contribution in [0.25, 0.3) is 10.9 Å². The molecule has 0 bridgehead atoms. The number of nitrogens with zero attached hydrogens (tertiary/aromatic N) is 3. The van der Waals surface area contributed by atoms with Crippen molar-refractivity contribution in [3.8, 4) is 0 Å². The number of hydrogen-bond donors (Lipinski definition) is 2. The van der Waals surface area contributed by atoms with Crippen molar-refractivity contribution in [3.63, 3.8) is 0 Å². The number of nitrogens with one attached hydrogen (secondary N) is 2. The van der Waals surface area contributed by atoms with Crippen molar-refractivity contribution < 1.29 is 9.59 Å². The zero-order valence-corrected chi connectivity index (χ0v) is 16.7. The standard InChI is InChI=1S/C20H20ClN5O3/c1-12(2)22-19(28)14-8-7-13(21)11-17(14)23-18(27)9-10-26-20(29)15-5-3-4-6-16(15)24-25-26/h3-8,11-12H,9-10H2,1-2H3,(H,22,28)(H,23,27). The number of carbonyl (C=O) groups is 2. The number of aryl methyl sites for hydroxylation is 1. The molecule has 0 spiro atoms. The van der Waals surface area contributed by atoms with Crippen molar-refractivity contribution in [1.82, 2.24) is 20.3 Å². The predicted molar refractivity (Wildman–Crippen MR) is 111 cm³/mol. The largest absolute Gasteiger partial charge is 0.350 e. The monoisotopic (exact) mass is 413 g/mol. The molecule has 2 amide bonds. The third-order valence-corrected chi connectivity index (χ3v) is 4.34. The van der Waals surface area contributed by atoms with Gasteiger partial charge in [0.15, 0.2) is 0 Å². The van der Waals surface area contributed by atoms with Gasteiger partial charge >= 0.3 is 0 Å². The summed E-state index contributed by atoms with van der Waals surface area (Å²) in [6.45, 7) is 3.74. The Morgan fingerprint density at radius 1 is 1.17 bits per heavy atom. The Morgan fingerprint density at radius 2 is 1.93 bits per heavy atom. The maximum Gasteiger partial charge on any atom is 0.277 e. The van der Waals surface area contributed by atoms with Crippen LogP contribution in [0.2, 0.25) is 5.02 Å². The van der Waals surface area contributed by atoms with E-state index in [4.69, 9.17) is 11.6 Å². The van der Waals surface area contributed by atoms with Crippen molar-refractivity contribution >= 4 is 40.0 Å². The highest BCUT2D eigenvalue weighted by Gasteiger charge is 2.15. The number of aromatic nitrogens is 3. The number of halogens is 1. The summed E-state index contributed by atoms with van der Waals surface area (Å²) in [5, 5.41) is 14.1. The highest BCUT2D eigenvalue weighted by Crippen LogP contribution is 2.21. The van der Waals surface area contributed by atoms with E-state index in [-0.39, 0.29) is 36.4 Å². The molecule has 0 saturated heterocycles. The van der Waals surface area contributed by atoms with Crippen molar-refractivity contribution in [2.75, 3.05) is 5.32 Å². The third-order valence-electron chi connectivity index (χ3n) is 4.10. The first-order valence-electron chi connectivity index (χ1n) is 9.08. The van der Waals surface area contributed by atoms with E-state index in [1.54, 1.807) is 36.4 Å². The van der Waals surface area contributed by atoms with Crippen molar-refractivity contribution in [2.24, 2.45) is 0 Å². The third kappa shape index (κ3) is 4.97. The second kappa shape index (κ2) is 8.83. The van der Waals surface area contributed by atoms with Gasteiger partial charge in [-0.3, -0.25) is 14.4 Å². The number of fused-ring (bicyclic) bond motifs is 1. The topological polar surface area (TPSA) is 106 Å². The van der Waals surface area contributed by atoms with Crippen LogP contribution in [-0.2, 0) is 11.3 Å². The summed E-state index contributed by atoms with van der Waals surface area (Å²) in [6, 6.07) is 11.5. The molecule has 0 atom stereocenters. The molecule has 3 aromatic rings. The molecule has 29 heavy (non-hydrogen) atoms. The van der Waals surface area contributed by atoms with E-state index >= 15 is 0 Å². The van der Waals surface area contributed by atoms with E-state index in [0.29, 0.717) is 27.2 Å². The summed E-state index contributed by atoms with van der Waals surface area (Å²) in [6.07, 6.45) is -0.0231. The van der Waals surface area contributed by atoms with Crippen molar-refractivity contribution in [1.29, 1.82) is 0 Å². The van der Waals surface area contributed by atoms with E-state index in [1.807, 2.05) is 13.8 Å². The molecule has 9 heteroatoms. The number of anilines is 1. The smallest absolute Gasteiger partial charge is 0.277 e. The Balaban J connectivity index is 1.73. The molecule has 0 aliphatic rings. The number of rotatable bonds is 6. The second-order valence-electron chi connectivity index (χ2n) is 6.75. The first-order valence-corrected chi connectivity index (χ1v) is 9.46. The van der Waals surface area contributed by atoms with E-state index < -0.39 is 0 Å². The summed E-state index contributed by atoms with van der Waals surface area (Å²) in [4.78, 5) is 37.2. The van der Waals surface area contributed by atoms with Gasteiger partial charge in [0.1, 0.15) is 5.52 Å². The minimum absolute atomic E-state index is 0.0231. The lowest BCUT2D eigenvalue weighted by Crippen LogP contribution is -2.31. The minimum atomic E-state index is -0.382. The van der Waals surface area contributed by atoms with Gasteiger partial charge in [0.25, 0.3) is 11.5 Å². The fraction of sp³-hybridized carbons (Fsp3) is 0.250. The maximum absolute atomic E-state index is 12.4.